The van der Waals surface area contributed by atoms with Crippen molar-refractivity contribution in [3.63, 3.8) is 0 Å². The van der Waals surface area contributed by atoms with Crippen LogP contribution in [0.1, 0.15) is 15.9 Å². The van der Waals surface area contributed by atoms with Crippen LogP contribution >= 0.6 is 0 Å². The van der Waals surface area contributed by atoms with Crippen molar-refractivity contribution in [2.75, 3.05) is 36.6 Å². The summed E-state index contributed by atoms with van der Waals surface area (Å²) >= 11 is 0. The van der Waals surface area contributed by atoms with Crippen LogP contribution in [0.15, 0.2) is 60.7 Å². The second kappa shape index (κ2) is 8.51. The first kappa shape index (κ1) is 22.0. The first-order valence-electron chi connectivity index (χ1n) is 10.7. The lowest BCUT2D eigenvalue weighted by atomic mass is 9.85. The molecule has 8 nitrogen and oxygen atoms in total. The molecule has 1 aromatic heterocycles. The monoisotopic (exact) mass is 474 g/mol. The number of anilines is 2. The number of benzene rings is 3. The fraction of sp³-hybridized carbons (Fsp3) is 0.160. The van der Waals surface area contributed by atoms with Gasteiger partial charge in [-0.2, -0.15) is 0 Å². The highest BCUT2D eigenvalue weighted by Crippen LogP contribution is 2.42. The zero-order chi connectivity index (χ0) is 23.9. The minimum atomic E-state index is -3.50. The minimum absolute atomic E-state index is 0.0934. The van der Waals surface area contributed by atoms with Gasteiger partial charge in [-0.15, -0.1) is 0 Å². The number of fused-ring (bicyclic) bond motifs is 2. The third-order valence-corrected chi connectivity index (χ3v) is 6.19. The summed E-state index contributed by atoms with van der Waals surface area (Å²) in [6.45, 7) is 1.04. The Hall–Kier alpha value is -3.82. The zero-order valence-corrected chi connectivity index (χ0v) is 19.4. The number of nitrogens with one attached hydrogen (secondary N) is 2. The van der Waals surface area contributed by atoms with E-state index in [-0.39, 0.29) is 5.78 Å². The van der Waals surface area contributed by atoms with E-state index in [0.717, 1.165) is 11.8 Å². The highest BCUT2D eigenvalue weighted by atomic mass is 32.2. The van der Waals surface area contributed by atoms with Crippen molar-refractivity contribution in [1.29, 1.82) is 0 Å². The first-order chi connectivity index (χ1) is 16.4. The topological polar surface area (TPSA) is 110 Å². The van der Waals surface area contributed by atoms with E-state index in [9.17, 15) is 13.2 Å². The van der Waals surface area contributed by atoms with Gasteiger partial charge in [-0.1, -0.05) is 36.4 Å². The van der Waals surface area contributed by atoms with Crippen LogP contribution < -0.4 is 10.0 Å². The van der Waals surface area contributed by atoms with Crippen molar-refractivity contribution in [2.45, 2.75) is 0 Å². The Morgan fingerprint density at radius 1 is 0.882 bits per heavy atom. The van der Waals surface area contributed by atoms with E-state index in [1.165, 1.54) is 0 Å². The molecule has 172 valence electrons. The second-order valence-corrected chi connectivity index (χ2v) is 9.74. The number of carbonyl (C=O) groups excluding carboxylic acids is 1. The van der Waals surface area contributed by atoms with E-state index in [4.69, 9.17) is 14.7 Å². The lowest BCUT2D eigenvalue weighted by Crippen LogP contribution is -2.17. The van der Waals surface area contributed by atoms with E-state index in [0.29, 0.717) is 63.6 Å². The average molecular weight is 475 g/mol. The van der Waals surface area contributed by atoms with Gasteiger partial charge in [0, 0.05) is 41.4 Å². The Bertz CT molecular complexity index is 1550. The van der Waals surface area contributed by atoms with Gasteiger partial charge in [0.1, 0.15) is 0 Å². The van der Waals surface area contributed by atoms with E-state index < -0.39 is 10.0 Å². The van der Waals surface area contributed by atoms with Crippen LogP contribution in [0.4, 0.5) is 11.4 Å². The molecule has 5 rings (SSSR count). The maximum atomic E-state index is 13.5. The molecule has 0 fully saturated rings. The van der Waals surface area contributed by atoms with Crippen LogP contribution in [0.5, 0.6) is 0 Å². The maximum Gasteiger partial charge on any atom is 0.229 e. The summed E-state index contributed by atoms with van der Waals surface area (Å²) < 4.78 is 31.5. The number of rotatable bonds is 7. The van der Waals surface area contributed by atoms with Gasteiger partial charge in [-0.05, 0) is 24.3 Å². The number of ether oxygens (including phenoxy) is 1. The van der Waals surface area contributed by atoms with Crippen LogP contribution in [0.3, 0.4) is 0 Å². The lowest BCUT2D eigenvalue weighted by Gasteiger charge is -2.22. The van der Waals surface area contributed by atoms with Gasteiger partial charge < -0.3 is 10.1 Å². The van der Waals surface area contributed by atoms with Gasteiger partial charge in [-0.3, -0.25) is 9.52 Å². The molecule has 34 heavy (non-hydrogen) atoms. The Balaban J connectivity index is 1.77. The van der Waals surface area contributed by atoms with Gasteiger partial charge >= 0.3 is 0 Å². The van der Waals surface area contributed by atoms with Gasteiger partial charge in [-0.25, -0.2) is 18.4 Å². The van der Waals surface area contributed by atoms with Crippen molar-refractivity contribution in [2.24, 2.45) is 0 Å². The smallest absolute Gasteiger partial charge is 0.229 e. The average Bonchev–Trinajstić information content (AvgIpc) is 2.82. The van der Waals surface area contributed by atoms with Gasteiger partial charge in [0.05, 0.1) is 35.3 Å². The molecule has 4 aromatic rings. The fourth-order valence-electron chi connectivity index (χ4n) is 4.20. The van der Waals surface area contributed by atoms with Crippen LogP contribution in [0.2, 0.25) is 0 Å². The maximum absolute atomic E-state index is 13.5. The van der Waals surface area contributed by atoms with Crippen molar-refractivity contribution in [3.05, 3.63) is 71.8 Å². The third kappa shape index (κ3) is 3.89. The number of methoxy groups -OCH3 is 1. The van der Waals surface area contributed by atoms with Gasteiger partial charge in [0.15, 0.2) is 11.6 Å². The van der Waals surface area contributed by atoms with Crippen molar-refractivity contribution >= 4 is 38.1 Å². The molecule has 2 N–H and O–H groups in total. The molecule has 0 bridgehead atoms. The summed E-state index contributed by atoms with van der Waals surface area (Å²) in [6.07, 6.45) is 1.10. The number of nitrogens with zero attached hydrogens (tertiary/aromatic N) is 2. The Labute approximate surface area is 197 Å². The number of hydrogen-bond donors (Lipinski definition) is 2. The largest absolute Gasteiger partial charge is 0.383 e. The predicted molar refractivity (Wildman–Crippen MR) is 133 cm³/mol. The highest BCUT2D eigenvalue weighted by molar-refractivity contribution is 7.92. The molecule has 0 radical (unpaired) electrons. The summed E-state index contributed by atoms with van der Waals surface area (Å²) in [7, 11) is -1.88. The molecule has 1 heterocycles. The van der Waals surface area contributed by atoms with Crippen LogP contribution in [-0.4, -0.2) is 50.7 Å². The second-order valence-electron chi connectivity index (χ2n) is 7.99. The molecule has 0 atom stereocenters. The number of aromatic nitrogens is 2. The van der Waals surface area contributed by atoms with Crippen LogP contribution in [0, 0.1) is 0 Å². The SMILES string of the molecule is COCCNc1ccc2nc(-c3ccccc3NS(C)(=O)=O)nc3c2c1C(=O)c1ccccc1-3. The predicted octanol–water partition coefficient (Wildman–Crippen LogP) is 3.94. The van der Waals surface area contributed by atoms with Crippen LogP contribution in [-0.2, 0) is 14.8 Å². The molecular formula is C25H22N4O4S. The summed E-state index contributed by atoms with van der Waals surface area (Å²) in [6, 6.07) is 18.0. The highest BCUT2D eigenvalue weighted by Gasteiger charge is 2.30. The molecule has 9 heteroatoms. The molecule has 0 amide bonds. The summed E-state index contributed by atoms with van der Waals surface area (Å²) in [5.74, 6) is 0.272. The third-order valence-electron chi connectivity index (χ3n) is 5.60. The van der Waals surface area contributed by atoms with E-state index in [2.05, 4.69) is 10.0 Å². The molecule has 0 saturated heterocycles. The Morgan fingerprint density at radius 3 is 2.32 bits per heavy atom. The number of carbonyl (C=O) groups is 1. The van der Waals surface area contributed by atoms with E-state index in [1.807, 2.05) is 30.3 Å². The normalized spacial score (nSPS) is 12.5. The minimum Gasteiger partial charge on any atom is -0.383 e. The molecule has 1 aliphatic carbocycles. The molecular weight excluding hydrogens is 452 g/mol. The van der Waals surface area contributed by atoms with Crippen molar-refractivity contribution < 1.29 is 17.9 Å². The molecule has 0 spiro atoms. The summed E-state index contributed by atoms with van der Waals surface area (Å²) in [5.41, 5.74) is 4.66. The fourth-order valence-corrected chi connectivity index (χ4v) is 4.78. The van der Waals surface area contributed by atoms with Gasteiger partial charge in [0.2, 0.25) is 10.0 Å². The van der Waals surface area contributed by atoms with E-state index in [1.54, 1.807) is 37.4 Å². The summed E-state index contributed by atoms with van der Waals surface area (Å²) in [4.78, 5) is 23.1. The van der Waals surface area contributed by atoms with Crippen LogP contribution in [0.25, 0.3) is 33.5 Å². The molecule has 3 aromatic carbocycles. The van der Waals surface area contributed by atoms with Crippen molar-refractivity contribution in [1.82, 2.24) is 9.97 Å². The Kier molecular flexibility index (Phi) is 5.51. The standard InChI is InChI=1S/C25H22N4O4S/c1-33-14-13-26-19-11-12-20-21-22(19)24(30)16-8-4-3-7-15(16)23(21)28-25(27-20)17-9-5-6-10-18(17)29-34(2,31)32/h3-12,26,29H,13-14H2,1-2H3. The summed E-state index contributed by atoms with van der Waals surface area (Å²) in [5, 5.41) is 3.95. The number of hydrogen-bond acceptors (Lipinski definition) is 7. The van der Waals surface area contributed by atoms with E-state index >= 15 is 0 Å². The molecule has 0 unspecified atom stereocenters. The number of ketones is 1. The Morgan fingerprint density at radius 2 is 1.59 bits per heavy atom. The molecule has 1 aliphatic rings. The quantitative estimate of drug-likeness (QED) is 0.344. The molecule has 0 saturated carbocycles. The molecule has 0 aliphatic heterocycles. The first-order valence-corrected chi connectivity index (χ1v) is 12.6. The van der Waals surface area contributed by atoms with Crippen molar-refractivity contribution in [3.8, 4) is 22.6 Å². The lowest BCUT2D eigenvalue weighted by molar-refractivity contribution is 0.104. The zero-order valence-electron chi connectivity index (χ0n) is 18.6. The number of sulfonamides is 1. The van der Waals surface area contributed by atoms with Gasteiger partial charge in [0.25, 0.3) is 0 Å². The number of para-hydroxylation sites is 1.